The highest BCUT2D eigenvalue weighted by molar-refractivity contribution is 6.31. The maximum atomic E-state index is 6.13. The first kappa shape index (κ1) is 12.6. The van der Waals surface area contributed by atoms with Crippen molar-refractivity contribution in [3.8, 4) is 0 Å². The van der Waals surface area contributed by atoms with E-state index < -0.39 is 0 Å². The van der Waals surface area contributed by atoms with Gasteiger partial charge < -0.3 is 5.32 Å². The fourth-order valence-electron chi connectivity index (χ4n) is 1.35. The van der Waals surface area contributed by atoms with E-state index in [1.54, 1.807) is 0 Å². The van der Waals surface area contributed by atoms with Gasteiger partial charge in [0.25, 0.3) is 0 Å². The Balaban J connectivity index is 2.70. The predicted octanol–water partition coefficient (Wildman–Crippen LogP) is 2.71. The lowest BCUT2D eigenvalue weighted by Gasteiger charge is -2.06. The molecule has 0 fully saturated rings. The first-order valence-electron chi connectivity index (χ1n) is 4.82. The molecule has 0 bridgehead atoms. The van der Waals surface area contributed by atoms with Gasteiger partial charge in [0.1, 0.15) is 0 Å². The zero-order valence-corrected chi connectivity index (χ0v) is 10.5. The fraction of sp³-hybridized carbons (Fsp3) is 0.500. The van der Waals surface area contributed by atoms with Crippen LogP contribution in [-0.2, 0) is 13.1 Å². The molecule has 0 aliphatic heterocycles. The molecule has 0 saturated heterocycles. The Labute approximate surface area is 100 Å². The lowest BCUT2D eigenvalue weighted by Crippen LogP contribution is -2.17. The Morgan fingerprint density at radius 1 is 1.60 bits per heavy atom. The Morgan fingerprint density at radius 3 is 2.80 bits per heavy atom. The second-order valence-electron chi connectivity index (χ2n) is 3.28. The third-order valence-electron chi connectivity index (χ3n) is 2.06. The molecular weight excluding hydrogens is 233 g/mol. The van der Waals surface area contributed by atoms with E-state index in [1.807, 2.05) is 18.5 Å². The predicted molar refractivity (Wildman–Crippen MR) is 64.3 cm³/mol. The highest BCUT2D eigenvalue weighted by Gasteiger charge is 2.11. The summed E-state index contributed by atoms with van der Waals surface area (Å²) in [5, 5.41) is 8.78. The largest absolute Gasteiger partial charge is 0.306 e. The molecule has 1 N–H and O–H groups in total. The second kappa shape index (κ2) is 5.54. The van der Waals surface area contributed by atoms with Crippen LogP contribution in [0.2, 0.25) is 5.02 Å². The standard InChI is InChI=1S/C10H15Cl2N3/c1-4-15-9(6-13-5-7(2)11)10(12)8(3)14-15/h13H,2,4-6H2,1,3H3. The van der Waals surface area contributed by atoms with Gasteiger partial charge in [-0.15, -0.1) is 0 Å². The van der Waals surface area contributed by atoms with Crippen molar-refractivity contribution in [2.45, 2.75) is 26.9 Å². The lowest BCUT2D eigenvalue weighted by atomic mass is 10.3. The van der Waals surface area contributed by atoms with E-state index in [1.165, 1.54) is 0 Å². The third kappa shape index (κ3) is 3.23. The van der Waals surface area contributed by atoms with Crippen LogP contribution in [0, 0.1) is 6.92 Å². The number of aromatic nitrogens is 2. The van der Waals surface area contributed by atoms with Crippen LogP contribution in [0.5, 0.6) is 0 Å². The summed E-state index contributed by atoms with van der Waals surface area (Å²) in [4.78, 5) is 0. The van der Waals surface area contributed by atoms with E-state index >= 15 is 0 Å². The highest BCUT2D eigenvalue weighted by atomic mass is 35.5. The third-order valence-corrected chi connectivity index (χ3v) is 2.69. The molecule has 1 rings (SSSR count). The molecule has 0 amide bonds. The molecule has 0 aromatic carbocycles. The van der Waals surface area contributed by atoms with Crippen molar-refractivity contribution >= 4 is 23.2 Å². The zero-order chi connectivity index (χ0) is 11.4. The van der Waals surface area contributed by atoms with E-state index in [0.29, 0.717) is 18.1 Å². The molecule has 15 heavy (non-hydrogen) atoms. The summed E-state index contributed by atoms with van der Waals surface area (Å²) in [7, 11) is 0. The van der Waals surface area contributed by atoms with Crippen LogP contribution in [0.3, 0.4) is 0 Å². The molecular formula is C10H15Cl2N3. The maximum Gasteiger partial charge on any atom is 0.0860 e. The Kier molecular flexibility index (Phi) is 4.64. The molecule has 0 atom stereocenters. The average molecular weight is 248 g/mol. The van der Waals surface area contributed by atoms with Crippen LogP contribution in [-0.4, -0.2) is 16.3 Å². The summed E-state index contributed by atoms with van der Waals surface area (Å²) >= 11 is 11.8. The molecule has 1 aromatic rings. The van der Waals surface area contributed by atoms with Crippen molar-refractivity contribution in [1.82, 2.24) is 15.1 Å². The van der Waals surface area contributed by atoms with E-state index in [0.717, 1.165) is 23.0 Å². The van der Waals surface area contributed by atoms with Gasteiger partial charge in [0.05, 0.1) is 16.4 Å². The van der Waals surface area contributed by atoms with Crippen molar-refractivity contribution in [3.05, 3.63) is 28.0 Å². The summed E-state index contributed by atoms with van der Waals surface area (Å²) < 4.78 is 1.89. The first-order valence-corrected chi connectivity index (χ1v) is 5.57. The molecule has 5 heteroatoms. The molecule has 3 nitrogen and oxygen atoms in total. The van der Waals surface area contributed by atoms with Crippen molar-refractivity contribution in [2.24, 2.45) is 0 Å². The molecule has 0 saturated carbocycles. The average Bonchev–Trinajstić information content (AvgIpc) is 2.44. The van der Waals surface area contributed by atoms with E-state index in [9.17, 15) is 0 Å². The Bertz CT molecular complexity index is 358. The lowest BCUT2D eigenvalue weighted by molar-refractivity contribution is 0.592. The molecule has 0 spiro atoms. The molecule has 1 aromatic heterocycles. The number of halogens is 2. The van der Waals surface area contributed by atoms with Crippen LogP contribution < -0.4 is 5.32 Å². The molecule has 84 valence electrons. The van der Waals surface area contributed by atoms with E-state index in [4.69, 9.17) is 23.2 Å². The normalized spacial score (nSPS) is 10.7. The molecule has 1 heterocycles. The van der Waals surface area contributed by atoms with Gasteiger partial charge in [-0.05, 0) is 13.8 Å². The summed E-state index contributed by atoms with van der Waals surface area (Å²) in [6, 6.07) is 0. The summed E-state index contributed by atoms with van der Waals surface area (Å²) in [6.07, 6.45) is 0. The number of nitrogens with zero attached hydrogens (tertiary/aromatic N) is 2. The van der Waals surface area contributed by atoms with Gasteiger partial charge >= 0.3 is 0 Å². The number of hydrogen-bond donors (Lipinski definition) is 1. The van der Waals surface area contributed by atoms with E-state index in [2.05, 4.69) is 17.0 Å². The van der Waals surface area contributed by atoms with Gasteiger partial charge in [0.2, 0.25) is 0 Å². The number of aryl methyl sites for hydroxylation is 2. The summed E-state index contributed by atoms with van der Waals surface area (Å²) in [5.41, 5.74) is 1.86. The molecule has 0 unspecified atom stereocenters. The van der Waals surface area contributed by atoms with Gasteiger partial charge in [0.15, 0.2) is 0 Å². The van der Waals surface area contributed by atoms with Gasteiger partial charge in [-0.2, -0.15) is 5.10 Å². The van der Waals surface area contributed by atoms with Crippen LogP contribution in [0.25, 0.3) is 0 Å². The maximum absolute atomic E-state index is 6.13. The topological polar surface area (TPSA) is 29.9 Å². The quantitative estimate of drug-likeness (QED) is 0.868. The van der Waals surface area contributed by atoms with Crippen LogP contribution in [0.15, 0.2) is 11.6 Å². The first-order chi connectivity index (χ1) is 7.06. The van der Waals surface area contributed by atoms with Gasteiger partial charge in [-0.1, -0.05) is 29.8 Å². The van der Waals surface area contributed by atoms with Crippen LogP contribution in [0.4, 0.5) is 0 Å². The molecule has 0 aliphatic rings. The minimum absolute atomic E-state index is 0.575. The minimum Gasteiger partial charge on any atom is -0.306 e. The Morgan fingerprint density at radius 2 is 2.27 bits per heavy atom. The van der Waals surface area contributed by atoms with Gasteiger partial charge in [-0.25, -0.2) is 0 Å². The minimum atomic E-state index is 0.575. The van der Waals surface area contributed by atoms with E-state index in [-0.39, 0.29) is 0 Å². The summed E-state index contributed by atoms with van der Waals surface area (Å²) in [5.74, 6) is 0. The second-order valence-corrected chi connectivity index (χ2v) is 4.20. The number of nitrogens with one attached hydrogen (secondary N) is 1. The smallest absolute Gasteiger partial charge is 0.0860 e. The van der Waals surface area contributed by atoms with Gasteiger partial charge in [-0.3, -0.25) is 4.68 Å². The number of hydrogen-bond acceptors (Lipinski definition) is 2. The SMILES string of the molecule is C=C(Cl)CNCc1c(Cl)c(C)nn1CC. The monoisotopic (exact) mass is 247 g/mol. The number of rotatable bonds is 5. The van der Waals surface area contributed by atoms with Crippen LogP contribution in [0.1, 0.15) is 18.3 Å². The molecule has 0 radical (unpaired) electrons. The zero-order valence-electron chi connectivity index (χ0n) is 8.98. The fourth-order valence-corrected chi connectivity index (χ4v) is 1.65. The van der Waals surface area contributed by atoms with Gasteiger partial charge in [0, 0.05) is 24.7 Å². The molecule has 0 aliphatic carbocycles. The summed E-state index contributed by atoms with van der Waals surface area (Å²) in [6.45, 7) is 9.58. The highest BCUT2D eigenvalue weighted by Crippen LogP contribution is 2.19. The van der Waals surface area contributed by atoms with Crippen molar-refractivity contribution in [3.63, 3.8) is 0 Å². The van der Waals surface area contributed by atoms with Crippen molar-refractivity contribution in [1.29, 1.82) is 0 Å². The van der Waals surface area contributed by atoms with Crippen LogP contribution >= 0.6 is 23.2 Å². The Hall–Kier alpha value is -0.510. The van der Waals surface area contributed by atoms with Crippen molar-refractivity contribution < 1.29 is 0 Å². The van der Waals surface area contributed by atoms with Crippen molar-refractivity contribution in [2.75, 3.05) is 6.54 Å².